The monoisotopic (exact) mass is 368 g/mol. The van der Waals surface area contributed by atoms with E-state index in [4.69, 9.17) is 14.2 Å². The summed E-state index contributed by atoms with van der Waals surface area (Å²) in [6.45, 7) is 5.67. The van der Waals surface area contributed by atoms with Crippen molar-refractivity contribution in [2.75, 3.05) is 31.9 Å². The van der Waals surface area contributed by atoms with Crippen molar-refractivity contribution in [3.8, 4) is 17.2 Å². The van der Waals surface area contributed by atoms with E-state index in [-0.39, 0.29) is 18.2 Å². The fraction of sp³-hybridized carbons (Fsp3) is 0.381. The number of methoxy groups -OCH3 is 1. The Morgan fingerprint density at radius 3 is 2.81 bits per heavy atom. The highest BCUT2D eigenvalue weighted by Crippen LogP contribution is 2.36. The Kier molecular flexibility index (Phi) is 4.34. The zero-order valence-electron chi connectivity index (χ0n) is 15.9. The van der Waals surface area contributed by atoms with Gasteiger partial charge in [-0.1, -0.05) is 19.9 Å². The summed E-state index contributed by atoms with van der Waals surface area (Å²) in [4.78, 5) is 14.6. The first kappa shape index (κ1) is 17.5. The molecule has 2 aromatic carbocycles. The van der Waals surface area contributed by atoms with Crippen LogP contribution in [0.4, 0.5) is 10.5 Å². The molecule has 0 aromatic heterocycles. The van der Waals surface area contributed by atoms with E-state index in [1.807, 2.05) is 36.4 Å². The second kappa shape index (κ2) is 6.68. The van der Waals surface area contributed by atoms with Crippen molar-refractivity contribution in [3.63, 3.8) is 0 Å². The van der Waals surface area contributed by atoms with Gasteiger partial charge in [0.2, 0.25) is 6.79 Å². The van der Waals surface area contributed by atoms with Crippen LogP contribution in [0, 0.1) is 0 Å². The van der Waals surface area contributed by atoms with Gasteiger partial charge in [0, 0.05) is 24.2 Å². The second-order valence-electron chi connectivity index (χ2n) is 7.51. The van der Waals surface area contributed by atoms with Crippen LogP contribution >= 0.6 is 0 Å². The molecule has 0 radical (unpaired) electrons. The number of benzene rings is 2. The second-order valence-corrected chi connectivity index (χ2v) is 7.51. The van der Waals surface area contributed by atoms with E-state index in [2.05, 4.69) is 19.2 Å². The first-order valence-electron chi connectivity index (χ1n) is 9.10. The fourth-order valence-corrected chi connectivity index (χ4v) is 3.53. The minimum Gasteiger partial charge on any atom is -0.497 e. The number of fused-ring (bicyclic) bond motifs is 2. The molecule has 2 aliphatic heterocycles. The van der Waals surface area contributed by atoms with Crippen molar-refractivity contribution in [2.45, 2.75) is 25.7 Å². The average molecular weight is 368 g/mol. The molecule has 0 saturated carbocycles. The van der Waals surface area contributed by atoms with Gasteiger partial charge in [0.15, 0.2) is 11.5 Å². The highest BCUT2D eigenvalue weighted by atomic mass is 16.7. The molecule has 2 aromatic rings. The summed E-state index contributed by atoms with van der Waals surface area (Å²) in [7, 11) is 1.65. The Hall–Kier alpha value is -2.89. The maximum atomic E-state index is 12.8. The molecule has 2 amide bonds. The number of hydrogen-bond acceptors (Lipinski definition) is 4. The largest absolute Gasteiger partial charge is 0.497 e. The molecule has 0 saturated heterocycles. The van der Waals surface area contributed by atoms with E-state index >= 15 is 0 Å². The smallest absolute Gasteiger partial charge is 0.321 e. The van der Waals surface area contributed by atoms with Crippen LogP contribution in [0.15, 0.2) is 36.4 Å². The molecule has 0 unspecified atom stereocenters. The summed E-state index contributed by atoms with van der Waals surface area (Å²) in [6, 6.07) is 11.7. The maximum absolute atomic E-state index is 12.8. The average Bonchev–Trinajstić information content (AvgIpc) is 3.31. The molecular weight excluding hydrogens is 344 g/mol. The number of rotatable bonds is 4. The third-order valence-electron chi connectivity index (χ3n) is 5.26. The zero-order valence-corrected chi connectivity index (χ0v) is 15.9. The zero-order chi connectivity index (χ0) is 19.0. The van der Waals surface area contributed by atoms with Crippen molar-refractivity contribution >= 4 is 11.7 Å². The minimum absolute atomic E-state index is 0.0762. The lowest BCUT2D eigenvalue weighted by Gasteiger charge is -2.27. The van der Waals surface area contributed by atoms with E-state index < -0.39 is 0 Å². The van der Waals surface area contributed by atoms with Gasteiger partial charge in [-0.05, 0) is 47.9 Å². The van der Waals surface area contributed by atoms with Crippen LogP contribution in [0.5, 0.6) is 17.2 Å². The Bertz CT molecular complexity index is 878. The normalized spacial score (nSPS) is 14.9. The number of nitrogens with one attached hydrogen (secondary N) is 1. The lowest BCUT2D eigenvalue weighted by Crippen LogP contribution is -2.44. The number of anilines is 1. The standard InChI is InChI=1S/C21H24N2O4/c1-21(2,15-4-7-18-19(11-15)27-13-26-18)12-22-20(24)23-9-8-14-10-16(25-3)5-6-17(14)23/h4-7,10-11H,8-9,12-13H2,1-3H3,(H,22,24). The molecule has 27 heavy (non-hydrogen) atoms. The number of ether oxygens (including phenoxy) is 3. The topological polar surface area (TPSA) is 60.0 Å². The van der Waals surface area contributed by atoms with Crippen molar-refractivity contribution in [1.82, 2.24) is 5.32 Å². The lowest BCUT2D eigenvalue weighted by molar-refractivity contribution is 0.174. The van der Waals surface area contributed by atoms with Crippen LogP contribution in [-0.4, -0.2) is 33.0 Å². The van der Waals surface area contributed by atoms with Gasteiger partial charge in [0.1, 0.15) is 5.75 Å². The fourth-order valence-electron chi connectivity index (χ4n) is 3.53. The van der Waals surface area contributed by atoms with Crippen molar-refractivity contribution in [1.29, 1.82) is 0 Å². The number of carbonyl (C=O) groups excluding carboxylic acids is 1. The molecule has 0 spiro atoms. The van der Waals surface area contributed by atoms with Gasteiger partial charge in [-0.25, -0.2) is 4.79 Å². The predicted molar refractivity (Wildman–Crippen MR) is 103 cm³/mol. The Morgan fingerprint density at radius 1 is 1.19 bits per heavy atom. The van der Waals surface area contributed by atoms with Gasteiger partial charge in [-0.2, -0.15) is 0 Å². The van der Waals surface area contributed by atoms with Gasteiger partial charge in [-0.15, -0.1) is 0 Å². The number of amides is 2. The summed E-state index contributed by atoms with van der Waals surface area (Å²) in [6.07, 6.45) is 0.839. The quantitative estimate of drug-likeness (QED) is 0.898. The summed E-state index contributed by atoms with van der Waals surface area (Å²) in [5.74, 6) is 2.34. The van der Waals surface area contributed by atoms with Gasteiger partial charge in [-0.3, -0.25) is 4.90 Å². The highest BCUT2D eigenvalue weighted by Gasteiger charge is 2.28. The molecule has 4 rings (SSSR count). The van der Waals surface area contributed by atoms with E-state index in [9.17, 15) is 4.79 Å². The molecule has 6 heteroatoms. The molecular formula is C21H24N2O4. The third-order valence-corrected chi connectivity index (χ3v) is 5.26. The van der Waals surface area contributed by atoms with Crippen LogP contribution in [0.25, 0.3) is 0 Å². The van der Waals surface area contributed by atoms with E-state index in [1.165, 1.54) is 0 Å². The van der Waals surface area contributed by atoms with Crippen molar-refractivity contribution in [3.05, 3.63) is 47.5 Å². The summed E-state index contributed by atoms with van der Waals surface area (Å²) < 4.78 is 16.1. The van der Waals surface area contributed by atoms with Gasteiger partial charge in [0.05, 0.1) is 7.11 Å². The van der Waals surface area contributed by atoms with Crippen LogP contribution < -0.4 is 24.4 Å². The first-order chi connectivity index (χ1) is 13.0. The van der Waals surface area contributed by atoms with Crippen molar-refractivity contribution in [2.24, 2.45) is 0 Å². The Labute approximate surface area is 159 Å². The van der Waals surface area contributed by atoms with Gasteiger partial charge >= 0.3 is 6.03 Å². The first-order valence-corrected chi connectivity index (χ1v) is 9.10. The van der Waals surface area contributed by atoms with Crippen molar-refractivity contribution < 1.29 is 19.0 Å². The molecule has 6 nitrogen and oxygen atoms in total. The SMILES string of the molecule is COc1ccc2c(c1)CCN2C(=O)NCC(C)(C)c1ccc2c(c1)OCO2. The number of hydrogen-bond donors (Lipinski definition) is 1. The van der Waals surface area contributed by atoms with Gasteiger partial charge in [0.25, 0.3) is 0 Å². The molecule has 0 atom stereocenters. The van der Waals surface area contributed by atoms with Gasteiger partial charge < -0.3 is 19.5 Å². The molecule has 1 N–H and O–H groups in total. The van der Waals surface area contributed by atoms with Crippen LogP contribution in [0.1, 0.15) is 25.0 Å². The maximum Gasteiger partial charge on any atom is 0.321 e. The minimum atomic E-state index is -0.237. The Balaban J connectivity index is 1.44. The third kappa shape index (κ3) is 3.27. The molecule has 0 bridgehead atoms. The number of carbonyl (C=O) groups is 1. The highest BCUT2D eigenvalue weighted by molar-refractivity contribution is 5.94. The summed E-state index contributed by atoms with van der Waals surface area (Å²) >= 11 is 0. The number of urea groups is 1. The molecule has 2 heterocycles. The molecule has 0 aliphatic carbocycles. The molecule has 0 fully saturated rings. The summed E-state index contributed by atoms with van der Waals surface area (Å²) in [5, 5.41) is 3.08. The Morgan fingerprint density at radius 2 is 2.00 bits per heavy atom. The molecule has 2 aliphatic rings. The van der Waals surface area contributed by atoms with E-state index in [0.717, 1.165) is 40.5 Å². The number of nitrogens with zero attached hydrogens (tertiary/aromatic N) is 1. The van der Waals surface area contributed by atoms with Crippen LogP contribution in [0.2, 0.25) is 0 Å². The van der Waals surface area contributed by atoms with Crippen LogP contribution in [0.3, 0.4) is 0 Å². The predicted octanol–water partition coefficient (Wildman–Crippen LogP) is 3.47. The van der Waals surface area contributed by atoms with Crippen LogP contribution in [-0.2, 0) is 11.8 Å². The molecule has 142 valence electrons. The van der Waals surface area contributed by atoms with E-state index in [1.54, 1.807) is 12.0 Å². The van der Waals surface area contributed by atoms with E-state index in [0.29, 0.717) is 13.1 Å². The lowest BCUT2D eigenvalue weighted by atomic mass is 9.84. The summed E-state index contributed by atoms with van der Waals surface area (Å²) in [5.41, 5.74) is 2.95.